The standard InChI is InChI=1S/C19H31N/c1-5-6-17-7-9-19(10-8-17)20-16(4)18-12-14(2)11-15(3)13-18/h11-13,16-17,19-20H,5-10H2,1-4H3. The first-order valence-electron chi connectivity index (χ1n) is 8.42. The third-order valence-electron chi connectivity index (χ3n) is 4.77. The van der Waals surface area contributed by atoms with E-state index in [4.69, 9.17) is 0 Å². The molecule has 0 aliphatic heterocycles. The minimum atomic E-state index is 0.473. The van der Waals surface area contributed by atoms with Crippen LogP contribution in [0.25, 0.3) is 0 Å². The van der Waals surface area contributed by atoms with Gasteiger partial charge in [0.25, 0.3) is 0 Å². The Morgan fingerprint density at radius 3 is 2.20 bits per heavy atom. The maximum absolute atomic E-state index is 3.85. The summed E-state index contributed by atoms with van der Waals surface area (Å²) in [7, 11) is 0. The van der Waals surface area contributed by atoms with Crippen molar-refractivity contribution in [2.24, 2.45) is 5.92 Å². The second kappa shape index (κ2) is 7.26. The Morgan fingerprint density at radius 1 is 1.05 bits per heavy atom. The third kappa shape index (κ3) is 4.34. The summed E-state index contributed by atoms with van der Waals surface area (Å²) in [6.07, 6.45) is 8.34. The van der Waals surface area contributed by atoms with Gasteiger partial charge in [0.05, 0.1) is 0 Å². The van der Waals surface area contributed by atoms with Crippen molar-refractivity contribution in [1.29, 1.82) is 0 Å². The van der Waals surface area contributed by atoms with Crippen LogP contribution in [0.1, 0.15) is 75.1 Å². The van der Waals surface area contributed by atoms with E-state index in [1.54, 1.807) is 0 Å². The molecule has 20 heavy (non-hydrogen) atoms. The Balaban J connectivity index is 1.87. The van der Waals surface area contributed by atoms with Crippen LogP contribution in [0.2, 0.25) is 0 Å². The van der Waals surface area contributed by atoms with E-state index in [2.05, 4.69) is 51.2 Å². The molecule has 1 saturated carbocycles. The van der Waals surface area contributed by atoms with E-state index in [9.17, 15) is 0 Å². The van der Waals surface area contributed by atoms with Gasteiger partial charge in [-0.3, -0.25) is 0 Å². The predicted octanol–water partition coefficient (Wildman–Crippen LogP) is 5.31. The van der Waals surface area contributed by atoms with Gasteiger partial charge in [-0.05, 0) is 57.9 Å². The van der Waals surface area contributed by atoms with Crippen molar-refractivity contribution in [1.82, 2.24) is 5.32 Å². The van der Waals surface area contributed by atoms with Crippen LogP contribution in [-0.4, -0.2) is 6.04 Å². The van der Waals surface area contributed by atoms with Gasteiger partial charge in [-0.1, -0.05) is 49.1 Å². The zero-order valence-electron chi connectivity index (χ0n) is 13.7. The third-order valence-corrected chi connectivity index (χ3v) is 4.77. The first-order valence-corrected chi connectivity index (χ1v) is 8.42. The molecule has 0 amide bonds. The topological polar surface area (TPSA) is 12.0 Å². The average molecular weight is 273 g/mol. The van der Waals surface area contributed by atoms with Crippen LogP contribution >= 0.6 is 0 Å². The highest BCUT2D eigenvalue weighted by atomic mass is 14.9. The summed E-state index contributed by atoms with van der Waals surface area (Å²) < 4.78 is 0. The number of hydrogen-bond donors (Lipinski definition) is 1. The number of aryl methyl sites for hydroxylation is 2. The fraction of sp³-hybridized carbons (Fsp3) is 0.684. The second-order valence-electron chi connectivity index (χ2n) is 6.82. The molecule has 112 valence electrons. The lowest BCUT2D eigenvalue weighted by atomic mass is 9.83. The maximum Gasteiger partial charge on any atom is 0.0294 e. The summed E-state index contributed by atoms with van der Waals surface area (Å²) in [4.78, 5) is 0. The number of hydrogen-bond acceptors (Lipinski definition) is 1. The van der Waals surface area contributed by atoms with E-state index in [0.29, 0.717) is 6.04 Å². The first kappa shape index (κ1) is 15.6. The highest BCUT2D eigenvalue weighted by molar-refractivity contribution is 5.30. The van der Waals surface area contributed by atoms with Gasteiger partial charge in [0.15, 0.2) is 0 Å². The van der Waals surface area contributed by atoms with Gasteiger partial charge >= 0.3 is 0 Å². The Bertz CT molecular complexity index is 396. The van der Waals surface area contributed by atoms with Crippen molar-refractivity contribution >= 4 is 0 Å². The molecule has 2 rings (SSSR count). The van der Waals surface area contributed by atoms with Crippen LogP contribution in [0.4, 0.5) is 0 Å². The molecule has 1 unspecified atom stereocenters. The lowest BCUT2D eigenvalue weighted by Crippen LogP contribution is -2.35. The highest BCUT2D eigenvalue weighted by Gasteiger charge is 2.21. The predicted molar refractivity (Wildman–Crippen MR) is 88.1 cm³/mol. The van der Waals surface area contributed by atoms with Crippen LogP contribution < -0.4 is 5.32 Å². The Morgan fingerprint density at radius 2 is 1.65 bits per heavy atom. The van der Waals surface area contributed by atoms with Crippen molar-refractivity contribution in [3.05, 3.63) is 34.9 Å². The molecular formula is C19H31N. The minimum Gasteiger partial charge on any atom is -0.307 e. The fourth-order valence-electron chi connectivity index (χ4n) is 3.74. The van der Waals surface area contributed by atoms with E-state index in [1.165, 1.54) is 55.2 Å². The fourth-order valence-corrected chi connectivity index (χ4v) is 3.74. The lowest BCUT2D eigenvalue weighted by Gasteiger charge is -2.31. The summed E-state index contributed by atoms with van der Waals surface area (Å²) >= 11 is 0. The SMILES string of the molecule is CCCC1CCC(NC(C)c2cc(C)cc(C)c2)CC1. The molecule has 1 fully saturated rings. The van der Waals surface area contributed by atoms with E-state index in [1.807, 2.05) is 0 Å². The summed E-state index contributed by atoms with van der Waals surface area (Å²) in [6, 6.07) is 8.10. The molecule has 1 atom stereocenters. The highest BCUT2D eigenvalue weighted by Crippen LogP contribution is 2.29. The normalized spacial score (nSPS) is 24.6. The number of benzene rings is 1. The summed E-state index contributed by atoms with van der Waals surface area (Å²) in [5.41, 5.74) is 4.19. The minimum absolute atomic E-state index is 0.473. The molecule has 0 spiro atoms. The molecule has 0 saturated heterocycles. The molecule has 1 aliphatic rings. The molecular weight excluding hydrogens is 242 g/mol. The van der Waals surface area contributed by atoms with Crippen molar-refractivity contribution in [3.8, 4) is 0 Å². The van der Waals surface area contributed by atoms with Crippen molar-refractivity contribution in [2.75, 3.05) is 0 Å². The summed E-state index contributed by atoms with van der Waals surface area (Å²) in [5.74, 6) is 0.995. The van der Waals surface area contributed by atoms with Gasteiger partial charge in [-0.25, -0.2) is 0 Å². The molecule has 1 nitrogen and oxygen atoms in total. The second-order valence-corrected chi connectivity index (χ2v) is 6.82. The Hall–Kier alpha value is -0.820. The van der Waals surface area contributed by atoms with Crippen LogP contribution in [0.3, 0.4) is 0 Å². The quantitative estimate of drug-likeness (QED) is 0.766. The van der Waals surface area contributed by atoms with Gasteiger partial charge in [0.1, 0.15) is 0 Å². The average Bonchev–Trinajstić information content (AvgIpc) is 2.40. The van der Waals surface area contributed by atoms with E-state index < -0.39 is 0 Å². The van der Waals surface area contributed by atoms with Gasteiger partial charge in [0.2, 0.25) is 0 Å². The van der Waals surface area contributed by atoms with Crippen molar-refractivity contribution in [3.63, 3.8) is 0 Å². The Kier molecular flexibility index (Phi) is 5.65. The van der Waals surface area contributed by atoms with Gasteiger partial charge in [0, 0.05) is 12.1 Å². The molecule has 0 radical (unpaired) electrons. The number of rotatable bonds is 5. The number of nitrogens with one attached hydrogen (secondary N) is 1. The smallest absolute Gasteiger partial charge is 0.0294 e. The zero-order chi connectivity index (χ0) is 14.5. The first-order chi connectivity index (χ1) is 9.58. The van der Waals surface area contributed by atoms with E-state index >= 15 is 0 Å². The monoisotopic (exact) mass is 273 g/mol. The van der Waals surface area contributed by atoms with Crippen LogP contribution in [0.15, 0.2) is 18.2 Å². The lowest BCUT2D eigenvalue weighted by molar-refractivity contribution is 0.266. The maximum atomic E-state index is 3.85. The molecule has 0 heterocycles. The van der Waals surface area contributed by atoms with Gasteiger partial charge in [-0.2, -0.15) is 0 Å². The summed E-state index contributed by atoms with van der Waals surface area (Å²) in [5, 5.41) is 3.85. The molecule has 1 aliphatic carbocycles. The van der Waals surface area contributed by atoms with Gasteiger partial charge < -0.3 is 5.32 Å². The summed E-state index contributed by atoms with van der Waals surface area (Å²) in [6.45, 7) is 9.01. The van der Waals surface area contributed by atoms with E-state index in [0.717, 1.165) is 12.0 Å². The molecule has 0 bridgehead atoms. The van der Waals surface area contributed by atoms with Crippen LogP contribution in [0, 0.1) is 19.8 Å². The van der Waals surface area contributed by atoms with Crippen molar-refractivity contribution < 1.29 is 0 Å². The molecule has 1 aromatic carbocycles. The Labute approximate surface area is 125 Å². The molecule has 1 heteroatoms. The molecule has 1 aromatic rings. The van der Waals surface area contributed by atoms with Crippen molar-refractivity contribution in [2.45, 2.75) is 78.3 Å². The zero-order valence-corrected chi connectivity index (χ0v) is 13.7. The molecule has 1 N–H and O–H groups in total. The van der Waals surface area contributed by atoms with Crippen LogP contribution in [-0.2, 0) is 0 Å². The largest absolute Gasteiger partial charge is 0.307 e. The van der Waals surface area contributed by atoms with Crippen LogP contribution in [0.5, 0.6) is 0 Å². The van der Waals surface area contributed by atoms with Gasteiger partial charge in [-0.15, -0.1) is 0 Å². The molecule has 0 aromatic heterocycles. The van der Waals surface area contributed by atoms with E-state index in [-0.39, 0.29) is 0 Å².